The lowest BCUT2D eigenvalue weighted by Gasteiger charge is -2.34. The first-order valence-corrected chi connectivity index (χ1v) is 12.5. The third-order valence-electron chi connectivity index (χ3n) is 4.48. The third kappa shape index (κ3) is 11.9. The molecule has 0 aliphatic rings. The fraction of sp³-hybridized carbons (Fsp3) is 1.00. The zero-order valence-electron chi connectivity index (χ0n) is 16.2. The smallest absolute Gasteiger partial charge is 0.188 e. The van der Waals surface area contributed by atoms with Gasteiger partial charge in [0.05, 0.1) is 26.6 Å². The Bertz CT molecular complexity index is 227. The SMILES string of the molecule is CCCCC(CCCC)(CCCC)CCOCO[P+](C)(C)C. The molecule has 22 heavy (non-hydrogen) atoms. The summed E-state index contributed by atoms with van der Waals surface area (Å²) >= 11 is 0. The minimum absolute atomic E-state index is 0.475. The fourth-order valence-corrected chi connectivity index (χ4v) is 3.34. The highest BCUT2D eigenvalue weighted by Gasteiger charge is 2.28. The van der Waals surface area contributed by atoms with Crippen LogP contribution >= 0.6 is 7.49 Å². The number of ether oxygens (including phenoxy) is 1. The van der Waals surface area contributed by atoms with Crippen LogP contribution in [0.2, 0.25) is 0 Å². The zero-order valence-corrected chi connectivity index (χ0v) is 17.1. The molecule has 0 rings (SSSR count). The van der Waals surface area contributed by atoms with Crippen molar-refractivity contribution in [1.29, 1.82) is 0 Å². The summed E-state index contributed by atoms with van der Waals surface area (Å²) in [4.78, 5) is 0. The molecule has 0 bridgehead atoms. The summed E-state index contributed by atoms with van der Waals surface area (Å²) in [7, 11) is -1.17. The maximum absolute atomic E-state index is 5.81. The first-order valence-electron chi connectivity index (χ1n) is 9.43. The van der Waals surface area contributed by atoms with Gasteiger partial charge in [-0.25, -0.2) is 4.52 Å². The molecule has 0 aliphatic carbocycles. The summed E-state index contributed by atoms with van der Waals surface area (Å²) in [6.45, 7) is 14.8. The summed E-state index contributed by atoms with van der Waals surface area (Å²) in [5.41, 5.74) is 0.513. The first-order chi connectivity index (χ1) is 10.4. The summed E-state index contributed by atoms with van der Waals surface area (Å²) in [5.74, 6) is 0. The minimum atomic E-state index is -1.17. The Morgan fingerprint density at radius 1 is 0.727 bits per heavy atom. The van der Waals surface area contributed by atoms with Crippen molar-refractivity contribution in [3.63, 3.8) is 0 Å². The van der Waals surface area contributed by atoms with E-state index in [-0.39, 0.29) is 0 Å². The largest absolute Gasteiger partial charge is 0.351 e. The molecule has 3 heteroatoms. The highest BCUT2D eigenvalue weighted by Crippen LogP contribution is 2.47. The van der Waals surface area contributed by atoms with Crippen LogP contribution in [-0.4, -0.2) is 33.4 Å². The zero-order chi connectivity index (χ0) is 16.9. The molecule has 0 fully saturated rings. The van der Waals surface area contributed by atoms with Gasteiger partial charge >= 0.3 is 0 Å². The second-order valence-electron chi connectivity index (χ2n) is 7.61. The van der Waals surface area contributed by atoms with Crippen LogP contribution in [0.5, 0.6) is 0 Å². The lowest BCUT2D eigenvalue weighted by Crippen LogP contribution is -2.24. The molecule has 0 saturated carbocycles. The van der Waals surface area contributed by atoms with Gasteiger partial charge in [-0.2, -0.15) is 0 Å². The summed E-state index contributed by atoms with van der Waals surface area (Å²) in [6.07, 6.45) is 13.3. The van der Waals surface area contributed by atoms with Gasteiger partial charge < -0.3 is 4.74 Å². The van der Waals surface area contributed by atoms with Gasteiger partial charge in [0.15, 0.2) is 6.79 Å². The van der Waals surface area contributed by atoms with Crippen molar-refractivity contribution in [1.82, 2.24) is 0 Å². The van der Waals surface area contributed by atoms with Gasteiger partial charge in [-0.15, -0.1) is 0 Å². The maximum Gasteiger partial charge on any atom is 0.188 e. The second-order valence-corrected chi connectivity index (χ2v) is 11.6. The Balaban J connectivity index is 4.38. The van der Waals surface area contributed by atoms with E-state index in [1.807, 2.05) is 0 Å². The van der Waals surface area contributed by atoms with E-state index in [9.17, 15) is 0 Å². The normalized spacial score (nSPS) is 12.8. The number of rotatable bonds is 15. The predicted molar refractivity (Wildman–Crippen MR) is 102 cm³/mol. The predicted octanol–water partition coefficient (Wildman–Crippen LogP) is 6.75. The van der Waals surface area contributed by atoms with Crippen LogP contribution in [-0.2, 0) is 9.26 Å². The Labute approximate surface area is 141 Å². The van der Waals surface area contributed by atoms with Crippen molar-refractivity contribution in [2.75, 3.05) is 33.4 Å². The van der Waals surface area contributed by atoms with Gasteiger partial charge in [-0.1, -0.05) is 59.3 Å². The van der Waals surface area contributed by atoms with Crippen LogP contribution < -0.4 is 0 Å². The van der Waals surface area contributed by atoms with E-state index in [1.54, 1.807) is 0 Å². The summed E-state index contributed by atoms with van der Waals surface area (Å²) in [6, 6.07) is 0. The van der Waals surface area contributed by atoms with Crippen molar-refractivity contribution in [2.45, 2.75) is 85.0 Å². The molecule has 2 nitrogen and oxygen atoms in total. The number of unbranched alkanes of at least 4 members (excludes halogenated alkanes) is 3. The molecule has 0 aliphatic heterocycles. The molecule has 0 radical (unpaired) electrons. The average Bonchev–Trinajstić information content (AvgIpc) is 2.46. The lowest BCUT2D eigenvalue weighted by molar-refractivity contribution is -0.000518. The number of hydrogen-bond donors (Lipinski definition) is 0. The van der Waals surface area contributed by atoms with Crippen molar-refractivity contribution in [2.24, 2.45) is 5.41 Å². The molecule has 0 saturated heterocycles. The van der Waals surface area contributed by atoms with E-state index in [0.29, 0.717) is 12.2 Å². The van der Waals surface area contributed by atoms with E-state index in [0.717, 1.165) is 6.61 Å². The van der Waals surface area contributed by atoms with Crippen molar-refractivity contribution < 1.29 is 9.26 Å². The molecule has 0 amide bonds. The van der Waals surface area contributed by atoms with Crippen LogP contribution in [0, 0.1) is 5.41 Å². The van der Waals surface area contributed by atoms with Gasteiger partial charge in [-0.3, -0.25) is 0 Å². The van der Waals surface area contributed by atoms with E-state index < -0.39 is 7.49 Å². The van der Waals surface area contributed by atoms with Crippen molar-refractivity contribution >= 4 is 7.49 Å². The van der Waals surface area contributed by atoms with E-state index in [4.69, 9.17) is 9.26 Å². The Morgan fingerprint density at radius 3 is 1.55 bits per heavy atom. The topological polar surface area (TPSA) is 18.5 Å². The first kappa shape index (κ1) is 22.4. The Hall–Kier alpha value is 0.350. The van der Waals surface area contributed by atoms with E-state index >= 15 is 0 Å². The average molecular weight is 334 g/mol. The Kier molecular flexibility index (Phi) is 12.9. The van der Waals surface area contributed by atoms with Gasteiger partial charge in [0.25, 0.3) is 0 Å². The molecule has 0 spiro atoms. The minimum Gasteiger partial charge on any atom is -0.351 e. The Morgan fingerprint density at radius 2 is 1.18 bits per heavy atom. The maximum atomic E-state index is 5.81. The molecule has 0 aromatic heterocycles. The summed E-state index contributed by atoms with van der Waals surface area (Å²) in [5, 5.41) is 0. The lowest BCUT2D eigenvalue weighted by atomic mass is 9.72. The standard InChI is InChI=1S/C19H42O2P/c1-7-10-13-19(14-11-8-2,15-12-9-3)16-17-20-18-21-22(4,5)6/h7-18H2,1-6H3/q+1. The van der Waals surface area contributed by atoms with Gasteiger partial charge in [0, 0.05) is 0 Å². The quantitative estimate of drug-likeness (QED) is 0.187. The molecule has 0 aromatic carbocycles. The van der Waals surface area contributed by atoms with Crippen LogP contribution in [0.15, 0.2) is 0 Å². The van der Waals surface area contributed by atoms with Gasteiger partial charge in [0.1, 0.15) is 7.49 Å². The molecule has 0 aromatic rings. The highest BCUT2D eigenvalue weighted by molar-refractivity contribution is 7.69. The molecular formula is C19H42O2P+. The third-order valence-corrected chi connectivity index (χ3v) is 5.36. The molecule has 0 N–H and O–H groups in total. The van der Waals surface area contributed by atoms with Gasteiger partial charge in [0.2, 0.25) is 0 Å². The van der Waals surface area contributed by atoms with Crippen LogP contribution in [0.25, 0.3) is 0 Å². The molecule has 134 valence electrons. The monoisotopic (exact) mass is 333 g/mol. The van der Waals surface area contributed by atoms with Crippen LogP contribution in [0.4, 0.5) is 0 Å². The van der Waals surface area contributed by atoms with E-state index in [1.165, 1.54) is 64.2 Å². The fourth-order valence-electron chi connectivity index (χ4n) is 2.95. The summed E-state index contributed by atoms with van der Waals surface area (Å²) < 4.78 is 11.6. The molecule has 0 heterocycles. The van der Waals surface area contributed by atoms with Crippen molar-refractivity contribution in [3.05, 3.63) is 0 Å². The molecule has 0 atom stereocenters. The van der Waals surface area contributed by atoms with Crippen LogP contribution in [0.3, 0.4) is 0 Å². The second kappa shape index (κ2) is 12.7. The van der Waals surface area contributed by atoms with Gasteiger partial charge in [-0.05, 0) is 31.1 Å². The van der Waals surface area contributed by atoms with Crippen molar-refractivity contribution in [3.8, 4) is 0 Å². The van der Waals surface area contributed by atoms with Crippen LogP contribution in [0.1, 0.15) is 85.0 Å². The van der Waals surface area contributed by atoms with E-state index in [2.05, 4.69) is 40.8 Å². The molecule has 0 unspecified atom stereocenters. The number of hydrogen-bond acceptors (Lipinski definition) is 2. The molecular weight excluding hydrogens is 291 g/mol. The highest BCUT2D eigenvalue weighted by atomic mass is 31.2.